The summed E-state index contributed by atoms with van der Waals surface area (Å²) in [6.07, 6.45) is 1.07. The Hall–Kier alpha value is -0.800. The number of carbonyl (C=O) groups excluding carboxylic acids is 1. The fraction of sp³-hybridized carbons (Fsp3) is 0.900. The van der Waals surface area contributed by atoms with E-state index in [9.17, 15) is 22.0 Å². The van der Waals surface area contributed by atoms with Gasteiger partial charge in [-0.15, -0.1) is 0 Å². The summed E-state index contributed by atoms with van der Waals surface area (Å²) in [5.74, 6) is -4.26. The number of hydrogen-bond donors (Lipinski definition) is 3. The molecule has 1 atom stereocenters. The van der Waals surface area contributed by atoms with Crippen molar-refractivity contribution in [2.24, 2.45) is 5.92 Å². The maximum atomic E-state index is 12.8. The van der Waals surface area contributed by atoms with Gasteiger partial charge in [-0.25, -0.2) is 21.9 Å². The SMILES string of the molecule is CC(C)CC(NS(C)(=O)=O)C(=O)NCC(F)(F)CO. The van der Waals surface area contributed by atoms with Crippen LogP contribution >= 0.6 is 0 Å². The molecule has 0 heterocycles. The zero-order valence-corrected chi connectivity index (χ0v) is 11.9. The molecule has 114 valence electrons. The van der Waals surface area contributed by atoms with Gasteiger partial charge in [0.25, 0.3) is 5.92 Å². The Morgan fingerprint density at radius 1 is 1.37 bits per heavy atom. The first-order valence-corrected chi connectivity index (χ1v) is 7.59. The second-order valence-corrected chi connectivity index (χ2v) is 6.58. The minimum absolute atomic E-state index is 0.00310. The second-order valence-electron chi connectivity index (χ2n) is 4.80. The van der Waals surface area contributed by atoms with Crippen molar-refractivity contribution in [1.82, 2.24) is 10.0 Å². The highest BCUT2D eigenvalue weighted by atomic mass is 32.2. The number of alkyl halides is 2. The van der Waals surface area contributed by atoms with Crippen LogP contribution in [0.3, 0.4) is 0 Å². The molecule has 3 N–H and O–H groups in total. The van der Waals surface area contributed by atoms with Crippen LogP contribution in [0.1, 0.15) is 20.3 Å². The second kappa shape index (κ2) is 7.11. The molecule has 1 unspecified atom stereocenters. The first-order chi connectivity index (χ1) is 8.47. The number of nitrogens with one attached hydrogen (secondary N) is 2. The topological polar surface area (TPSA) is 95.5 Å². The molecule has 19 heavy (non-hydrogen) atoms. The highest BCUT2D eigenvalue weighted by molar-refractivity contribution is 7.88. The van der Waals surface area contributed by atoms with E-state index in [1.54, 1.807) is 13.8 Å². The molecule has 0 aliphatic carbocycles. The maximum Gasteiger partial charge on any atom is 0.287 e. The van der Waals surface area contributed by atoms with E-state index in [-0.39, 0.29) is 12.3 Å². The molecule has 0 fully saturated rings. The van der Waals surface area contributed by atoms with Crippen molar-refractivity contribution in [2.75, 3.05) is 19.4 Å². The van der Waals surface area contributed by atoms with Gasteiger partial charge in [0.15, 0.2) is 0 Å². The lowest BCUT2D eigenvalue weighted by atomic mass is 10.0. The van der Waals surface area contributed by atoms with Crippen molar-refractivity contribution >= 4 is 15.9 Å². The first-order valence-electron chi connectivity index (χ1n) is 5.70. The van der Waals surface area contributed by atoms with Crippen LogP contribution in [0.4, 0.5) is 8.78 Å². The number of amides is 1. The number of aliphatic hydroxyl groups is 1. The molecule has 0 saturated carbocycles. The predicted molar refractivity (Wildman–Crippen MR) is 66.3 cm³/mol. The fourth-order valence-corrected chi connectivity index (χ4v) is 2.05. The maximum absolute atomic E-state index is 12.8. The van der Waals surface area contributed by atoms with E-state index in [4.69, 9.17) is 5.11 Å². The van der Waals surface area contributed by atoms with Crippen molar-refractivity contribution in [1.29, 1.82) is 0 Å². The van der Waals surface area contributed by atoms with E-state index >= 15 is 0 Å². The van der Waals surface area contributed by atoms with Crippen LogP contribution in [0.2, 0.25) is 0 Å². The lowest BCUT2D eigenvalue weighted by Crippen LogP contribution is -2.50. The molecule has 0 aliphatic rings. The Morgan fingerprint density at radius 2 is 1.89 bits per heavy atom. The number of carbonyl (C=O) groups is 1. The molecule has 0 aromatic heterocycles. The number of aliphatic hydroxyl groups excluding tert-OH is 1. The Kier molecular flexibility index (Phi) is 6.81. The predicted octanol–water partition coefficient (Wildman–Crippen LogP) is -0.306. The Bertz CT molecular complexity index is 398. The number of sulfonamides is 1. The molecule has 0 aromatic rings. The Labute approximate surface area is 111 Å². The normalized spacial score (nSPS) is 14.5. The van der Waals surface area contributed by atoms with Crippen molar-refractivity contribution in [3.63, 3.8) is 0 Å². The van der Waals surface area contributed by atoms with Crippen molar-refractivity contribution in [3.8, 4) is 0 Å². The third-order valence-electron chi connectivity index (χ3n) is 2.13. The minimum atomic E-state index is -3.62. The third kappa shape index (κ3) is 8.84. The standard InChI is InChI=1S/C10H20F2N2O4S/c1-7(2)4-8(14-19(3,17)18)9(16)13-5-10(11,12)6-15/h7-8,14-15H,4-6H2,1-3H3,(H,13,16). The van der Waals surface area contributed by atoms with Crippen LogP contribution < -0.4 is 10.0 Å². The monoisotopic (exact) mass is 302 g/mol. The highest BCUT2D eigenvalue weighted by Crippen LogP contribution is 2.11. The summed E-state index contributed by atoms with van der Waals surface area (Å²) < 4.78 is 49.9. The molecule has 0 bridgehead atoms. The Morgan fingerprint density at radius 3 is 2.26 bits per heavy atom. The summed E-state index contributed by atoms with van der Waals surface area (Å²) in [7, 11) is -3.62. The molecular weight excluding hydrogens is 282 g/mol. The molecule has 9 heteroatoms. The average molecular weight is 302 g/mol. The smallest absolute Gasteiger partial charge is 0.287 e. The molecule has 0 spiro atoms. The van der Waals surface area contributed by atoms with Gasteiger partial charge in [-0.05, 0) is 12.3 Å². The number of rotatable bonds is 8. The van der Waals surface area contributed by atoms with Gasteiger partial charge >= 0.3 is 0 Å². The van der Waals surface area contributed by atoms with Gasteiger partial charge < -0.3 is 10.4 Å². The lowest BCUT2D eigenvalue weighted by molar-refractivity contribution is -0.126. The average Bonchev–Trinajstić information content (AvgIpc) is 2.22. The van der Waals surface area contributed by atoms with Crippen LogP contribution in [0, 0.1) is 5.92 Å². The van der Waals surface area contributed by atoms with Crippen LogP contribution in [0.5, 0.6) is 0 Å². The summed E-state index contributed by atoms with van der Waals surface area (Å²) >= 11 is 0. The van der Waals surface area contributed by atoms with Gasteiger partial charge in [0.05, 0.1) is 12.8 Å². The van der Waals surface area contributed by atoms with Gasteiger partial charge in [-0.1, -0.05) is 13.8 Å². The van der Waals surface area contributed by atoms with E-state index in [0.717, 1.165) is 6.26 Å². The van der Waals surface area contributed by atoms with E-state index in [1.807, 2.05) is 5.32 Å². The molecular formula is C10H20F2N2O4S. The van der Waals surface area contributed by atoms with Gasteiger partial charge in [0.2, 0.25) is 15.9 Å². The quantitative estimate of drug-likeness (QED) is 0.573. The zero-order valence-electron chi connectivity index (χ0n) is 11.1. The number of halogens is 2. The van der Waals surface area contributed by atoms with Crippen LogP contribution in [0.25, 0.3) is 0 Å². The zero-order chi connectivity index (χ0) is 15.3. The largest absolute Gasteiger partial charge is 0.390 e. The van der Waals surface area contributed by atoms with Gasteiger partial charge in [0.1, 0.15) is 12.6 Å². The van der Waals surface area contributed by atoms with Crippen LogP contribution in [-0.4, -0.2) is 50.8 Å². The van der Waals surface area contributed by atoms with Gasteiger partial charge in [-0.2, -0.15) is 0 Å². The van der Waals surface area contributed by atoms with Crippen molar-refractivity contribution < 1.29 is 27.1 Å². The van der Waals surface area contributed by atoms with E-state index in [2.05, 4.69) is 4.72 Å². The first kappa shape index (κ1) is 18.2. The summed E-state index contributed by atoms with van der Waals surface area (Å²) in [6.45, 7) is 1.11. The molecule has 0 aromatic carbocycles. The summed E-state index contributed by atoms with van der Waals surface area (Å²) in [5, 5.41) is 10.3. The fourth-order valence-electron chi connectivity index (χ4n) is 1.33. The van der Waals surface area contributed by atoms with Crippen molar-refractivity contribution in [2.45, 2.75) is 32.2 Å². The molecule has 1 amide bonds. The lowest BCUT2D eigenvalue weighted by Gasteiger charge is -2.21. The van der Waals surface area contributed by atoms with Gasteiger partial charge in [-0.3, -0.25) is 4.79 Å². The van der Waals surface area contributed by atoms with Crippen molar-refractivity contribution in [3.05, 3.63) is 0 Å². The number of hydrogen-bond acceptors (Lipinski definition) is 4. The van der Waals surface area contributed by atoms with Gasteiger partial charge in [0, 0.05) is 0 Å². The third-order valence-corrected chi connectivity index (χ3v) is 2.85. The Balaban J connectivity index is 4.64. The van der Waals surface area contributed by atoms with E-state index in [0.29, 0.717) is 0 Å². The molecule has 0 aliphatic heterocycles. The highest BCUT2D eigenvalue weighted by Gasteiger charge is 2.30. The summed E-state index contributed by atoms with van der Waals surface area (Å²) in [6, 6.07) is -1.11. The van der Waals surface area contributed by atoms with Crippen LogP contribution in [-0.2, 0) is 14.8 Å². The molecule has 0 radical (unpaired) electrons. The minimum Gasteiger partial charge on any atom is -0.390 e. The van der Waals surface area contributed by atoms with Crippen LogP contribution in [0.15, 0.2) is 0 Å². The molecule has 0 rings (SSSR count). The molecule has 6 nitrogen and oxygen atoms in total. The molecule has 0 saturated heterocycles. The summed E-state index contributed by atoms with van der Waals surface area (Å²) in [4.78, 5) is 11.7. The van der Waals surface area contributed by atoms with E-state index < -0.39 is 41.0 Å². The van der Waals surface area contributed by atoms with E-state index in [1.165, 1.54) is 0 Å². The summed E-state index contributed by atoms with van der Waals surface area (Å²) in [5.41, 5.74) is 0.